The van der Waals surface area contributed by atoms with Crippen molar-refractivity contribution in [3.63, 3.8) is 0 Å². The highest BCUT2D eigenvalue weighted by Gasteiger charge is 2.15. The number of nitrogens with one attached hydrogen (secondary N) is 1. The van der Waals surface area contributed by atoms with Crippen LogP contribution in [0.4, 0.5) is 4.79 Å². The molecule has 0 fully saturated rings. The second-order valence-electron chi connectivity index (χ2n) is 2.57. The molecule has 0 aromatic heterocycles. The van der Waals surface area contributed by atoms with Crippen LogP contribution in [0.15, 0.2) is 0 Å². The van der Waals surface area contributed by atoms with Crippen LogP contribution in [0.1, 0.15) is 27.2 Å². The van der Waals surface area contributed by atoms with Gasteiger partial charge in [0.05, 0.1) is 0 Å². The summed E-state index contributed by atoms with van der Waals surface area (Å²) in [5.74, 6) is 4.45. The van der Waals surface area contributed by atoms with E-state index in [0.717, 1.165) is 0 Å². The summed E-state index contributed by atoms with van der Waals surface area (Å²) in [6, 6.07) is -0.718. The highest BCUT2D eigenvalue weighted by atomic mass is 16.7. The number of rotatable bonds is 6. The van der Waals surface area contributed by atoms with E-state index in [1.165, 1.54) is 0 Å². The molecule has 0 heterocycles. The van der Waals surface area contributed by atoms with Gasteiger partial charge in [-0.05, 0) is 13.8 Å². The first-order valence-electron chi connectivity index (χ1n) is 5.05. The third-order valence-electron chi connectivity index (χ3n) is 1.39. The summed E-state index contributed by atoms with van der Waals surface area (Å²) in [5, 5.41) is 0. The third-order valence-corrected chi connectivity index (χ3v) is 1.39. The lowest BCUT2D eigenvalue weighted by Gasteiger charge is -2.13. The minimum atomic E-state index is -0.718. The Bertz CT molecular complexity index is 193. The van der Waals surface area contributed by atoms with Crippen molar-refractivity contribution in [1.29, 1.82) is 0 Å². The first-order valence-corrected chi connectivity index (χ1v) is 5.05. The molecule has 0 unspecified atom stereocenters. The Morgan fingerprint density at radius 2 is 1.56 bits per heavy atom. The lowest BCUT2D eigenvalue weighted by Crippen LogP contribution is -2.34. The SMILES string of the molecule is CCOC(OCC)C(=O)CC.NNC(N)=O. The van der Waals surface area contributed by atoms with Gasteiger partial charge in [-0.1, -0.05) is 6.92 Å². The summed E-state index contributed by atoms with van der Waals surface area (Å²) in [4.78, 5) is 20.4. The minimum absolute atomic E-state index is 0.00806. The Hall–Kier alpha value is -1.18. The fourth-order valence-corrected chi connectivity index (χ4v) is 0.703. The number of amides is 2. The fourth-order valence-electron chi connectivity index (χ4n) is 0.703. The summed E-state index contributed by atoms with van der Waals surface area (Å²) >= 11 is 0. The zero-order chi connectivity index (χ0) is 13.0. The maximum atomic E-state index is 11.0. The molecule has 0 bridgehead atoms. The van der Waals surface area contributed by atoms with Crippen molar-refractivity contribution in [2.24, 2.45) is 11.6 Å². The van der Waals surface area contributed by atoms with Crippen molar-refractivity contribution in [1.82, 2.24) is 5.43 Å². The second kappa shape index (κ2) is 11.9. The average Bonchev–Trinajstić information content (AvgIpc) is 2.28. The van der Waals surface area contributed by atoms with Gasteiger partial charge in [0.15, 0.2) is 5.78 Å². The largest absolute Gasteiger partial charge is 0.351 e. The second-order valence-corrected chi connectivity index (χ2v) is 2.57. The molecule has 2 amide bonds. The normalized spacial score (nSPS) is 9.31. The van der Waals surface area contributed by atoms with Crippen molar-refractivity contribution in [3.8, 4) is 0 Å². The van der Waals surface area contributed by atoms with Gasteiger partial charge in [-0.2, -0.15) is 0 Å². The highest BCUT2D eigenvalue weighted by Crippen LogP contribution is 1.99. The molecule has 0 aliphatic carbocycles. The van der Waals surface area contributed by atoms with E-state index in [1.54, 1.807) is 12.3 Å². The lowest BCUT2D eigenvalue weighted by molar-refractivity contribution is -0.167. The van der Waals surface area contributed by atoms with Crippen LogP contribution >= 0.6 is 0 Å². The average molecular weight is 235 g/mol. The van der Waals surface area contributed by atoms with Gasteiger partial charge in [0.1, 0.15) is 0 Å². The van der Waals surface area contributed by atoms with Crippen LogP contribution in [0.5, 0.6) is 0 Å². The van der Waals surface area contributed by atoms with Gasteiger partial charge < -0.3 is 15.2 Å². The van der Waals surface area contributed by atoms with Crippen molar-refractivity contribution >= 4 is 11.8 Å². The molecule has 0 radical (unpaired) electrons. The fraction of sp³-hybridized carbons (Fsp3) is 0.778. The van der Waals surface area contributed by atoms with Gasteiger partial charge in [0, 0.05) is 19.6 Å². The Kier molecular flexibility index (Phi) is 12.8. The minimum Gasteiger partial charge on any atom is -0.351 e. The molecule has 0 rings (SSSR count). The number of carbonyl (C=O) groups excluding carboxylic acids is 2. The number of urea groups is 1. The number of carbonyl (C=O) groups is 2. The summed E-state index contributed by atoms with van der Waals surface area (Å²) in [5.41, 5.74) is 6.08. The van der Waals surface area contributed by atoms with Gasteiger partial charge in [-0.3, -0.25) is 10.2 Å². The summed E-state index contributed by atoms with van der Waals surface area (Å²) < 4.78 is 10.1. The zero-order valence-corrected chi connectivity index (χ0v) is 9.99. The Morgan fingerprint density at radius 1 is 1.19 bits per heavy atom. The topological polar surface area (TPSA) is 117 Å². The third kappa shape index (κ3) is 10.9. The van der Waals surface area contributed by atoms with Crippen LogP contribution in [0, 0.1) is 0 Å². The molecule has 5 N–H and O–H groups in total. The predicted octanol–water partition coefficient (Wildman–Crippen LogP) is -0.107. The summed E-state index contributed by atoms with van der Waals surface area (Å²) in [7, 11) is 0. The van der Waals surface area contributed by atoms with Gasteiger partial charge in [-0.25, -0.2) is 10.6 Å². The number of hydrazine groups is 1. The molecule has 16 heavy (non-hydrogen) atoms. The molecule has 0 aliphatic rings. The van der Waals surface area contributed by atoms with E-state index in [1.807, 2.05) is 13.8 Å². The molecule has 7 heteroatoms. The quantitative estimate of drug-likeness (QED) is 0.257. The number of hydrogen-bond acceptors (Lipinski definition) is 5. The van der Waals surface area contributed by atoms with Gasteiger partial charge in [-0.15, -0.1) is 0 Å². The number of nitrogens with two attached hydrogens (primary N) is 2. The van der Waals surface area contributed by atoms with E-state index in [4.69, 9.17) is 9.47 Å². The monoisotopic (exact) mass is 235 g/mol. The first-order chi connectivity index (χ1) is 7.53. The van der Waals surface area contributed by atoms with E-state index in [-0.39, 0.29) is 5.78 Å². The predicted molar refractivity (Wildman–Crippen MR) is 59.2 cm³/mol. The van der Waals surface area contributed by atoms with Crippen LogP contribution in [0.25, 0.3) is 0 Å². The maximum Gasteiger partial charge on any atom is 0.326 e. The van der Waals surface area contributed by atoms with Gasteiger partial charge in [0.2, 0.25) is 6.29 Å². The standard InChI is InChI=1S/C8H16O3.CH5N3O/c1-4-7(9)8(10-5-2)11-6-3;2-1(5)4-3/h8H,4-6H2,1-3H3;3H2,(H3,2,4,5). The number of ether oxygens (including phenoxy) is 2. The van der Waals surface area contributed by atoms with Crippen LogP contribution in [0.2, 0.25) is 0 Å². The van der Waals surface area contributed by atoms with Crippen LogP contribution < -0.4 is 17.0 Å². The molecule has 7 nitrogen and oxygen atoms in total. The first kappa shape index (κ1) is 17.2. The molecule has 0 aromatic carbocycles. The Labute approximate surface area is 95.4 Å². The van der Waals surface area contributed by atoms with Crippen LogP contribution in [-0.4, -0.2) is 31.3 Å². The van der Waals surface area contributed by atoms with Crippen LogP contribution in [0.3, 0.4) is 0 Å². The van der Waals surface area contributed by atoms with E-state index in [2.05, 4.69) is 11.6 Å². The molecule has 0 saturated heterocycles. The highest BCUT2D eigenvalue weighted by molar-refractivity contribution is 5.81. The molecule has 96 valence electrons. The van der Waals surface area contributed by atoms with Crippen molar-refractivity contribution in [3.05, 3.63) is 0 Å². The maximum absolute atomic E-state index is 11.0. The molecule has 0 atom stereocenters. The molecule has 0 saturated carbocycles. The Balaban J connectivity index is 0. The van der Waals surface area contributed by atoms with Crippen molar-refractivity contribution in [2.45, 2.75) is 33.5 Å². The number of primary amides is 1. The molecular formula is C9H21N3O4. The molecule has 0 spiro atoms. The van der Waals surface area contributed by atoms with E-state index >= 15 is 0 Å². The number of Topliss-reactive ketones (excluding diaryl/α,β-unsaturated/α-hetero) is 1. The van der Waals surface area contributed by atoms with E-state index < -0.39 is 12.3 Å². The molecule has 0 aliphatic heterocycles. The zero-order valence-electron chi connectivity index (χ0n) is 9.99. The van der Waals surface area contributed by atoms with Crippen molar-refractivity contribution < 1.29 is 19.1 Å². The van der Waals surface area contributed by atoms with E-state index in [9.17, 15) is 9.59 Å². The van der Waals surface area contributed by atoms with Gasteiger partial charge in [0.25, 0.3) is 0 Å². The summed E-state index contributed by atoms with van der Waals surface area (Å²) in [6.45, 7) is 6.50. The molecular weight excluding hydrogens is 214 g/mol. The Morgan fingerprint density at radius 3 is 1.75 bits per heavy atom. The number of hydrogen-bond donors (Lipinski definition) is 3. The smallest absolute Gasteiger partial charge is 0.326 e. The van der Waals surface area contributed by atoms with Crippen LogP contribution in [-0.2, 0) is 14.3 Å². The molecule has 0 aromatic rings. The van der Waals surface area contributed by atoms with E-state index in [0.29, 0.717) is 19.6 Å². The lowest BCUT2D eigenvalue weighted by atomic mass is 10.3. The van der Waals surface area contributed by atoms with Gasteiger partial charge >= 0.3 is 6.03 Å². The number of ketones is 1. The van der Waals surface area contributed by atoms with Crippen molar-refractivity contribution in [2.75, 3.05) is 13.2 Å². The summed E-state index contributed by atoms with van der Waals surface area (Å²) in [6.07, 6.45) is -0.181.